The van der Waals surface area contributed by atoms with E-state index in [0.29, 0.717) is 16.5 Å². The molecule has 0 fully saturated rings. The van der Waals surface area contributed by atoms with E-state index in [0.717, 1.165) is 30.5 Å². The lowest BCUT2D eigenvalue weighted by atomic mass is 9.80. The van der Waals surface area contributed by atoms with Crippen molar-refractivity contribution >= 4 is 23.2 Å². The maximum Gasteiger partial charge on any atom is 0.0482 e. The molecular formula is C17H18Cl2N2. The molecule has 1 heterocycles. The van der Waals surface area contributed by atoms with Crippen LogP contribution < -0.4 is 5.73 Å². The molecular weight excluding hydrogens is 303 g/mol. The highest BCUT2D eigenvalue weighted by Crippen LogP contribution is 2.34. The summed E-state index contributed by atoms with van der Waals surface area (Å²) < 4.78 is 0. The van der Waals surface area contributed by atoms with Gasteiger partial charge in [-0.1, -0.05) is 35.3 Å². The number of nitrogens with two attached hydrogens (primary N) is 1. The molecule has 4 heteroatoms. The molecule has 1 aliphatic carbocycles. The number of pyridine rings is 1. The van der Waals surface area contributed by atoms with Crippen LogP contribution in [0.4, 0.5) is 0 Å². The highest BCUT2D eigenvalue weighted by molar-refractivity contribution is 6.36. The number of aryl methyl sites for hydroxylation is 1. The van der Waals surface area contributed by atoms with E-state index >= 15 is 0 Å². The summed E-state index contributed by atoms with van der Waals surface area (Å²) in [7, 11) is 0. The normalized spacial score (nSPS) is 19.1. The molecule has 2 aromatic rings. The highest BCUT2D eigenvalue weighted by Gasteiger charge is 2.27. The Morgan fingerprint density at radius 3 is 2.71 bits per heavy atom. The molecule has 0 saturated carbocycles. The summed E-state index contributed by atoms with van der Waals surface area (Å²) >= 11 is 12.5. The van der Waals surface area contributed by atoms with Crippen molar-refractivity contribution in [2.24, 2.45) is 5.73 Å². The van der Waals surface area contributed by atoms with Crippen molar-refractivity contribution in [3.05, 3.63) is 63.4 Å². The van der Waals surface area contributed by atoms with Gasteiger partial charge in [0.2, 0.25) is 0 Å². The molecule has 21 heavy (non-hydrogen) atoms. The molecule has 1 aromatic carbocycles. The van der Waals surface area contributed by atoms with Gasteiger partial charge in [0.15, 0.2) is 0 Å². The van der Waals surface area contributed by atoms with Crippen molar-refractivity contribution in [1.82, 2.24) is 4.98 Å². The minimum Gasteiger partial charge on any atom is -0.327 e. The van der Waals surface area contributed by atoms with Crippen LogP contribution in [0.1, 0.15) is 35.6 Å². The summed E-state index contributed by atoms with van der Waals surface area (Å²) in [5.41, 5.74) is 9.90. The first-order valence-corrected chi connectivity index (χ1v) is 8.04. The van der Waals surface area contributed by atoms with Crippen LogP contribution in [0.5, 0.6) is 0 Å². The third-order valence-corrected chi connectivity index (χ3v) is 4.97. The lowest BCUT2D eigenvalue weighted by Crippen LogP contribution is -2.33. The molecule has 2 nitrogen and oxygen atoms in total. The lowest BCUT2D eigenvalue weighted by molar-refractivity contribution is 0.449. The molecule has 110 valence electrons. The second-order valence-corrected chi connectivity index (χ2v) is 6.43. The Morgan fingerprint density at radius 1 is 1.19 bits per heavy atom. The Bertz CT molecular complexity index is 622. The summed E-state index contributed by atoms with van der Waals surface area (Å²) in [5.74, 6) is 0.280. The topological polar surface area (TPSA) is 38.9 Å². The number of hydrogen-bond donors (Lipinski definition) is 1. The van der Waals surface area contributed by atoms with E-state index in [2.05, 4.69) is 11.1 Å². The summed E-state index contributed by atoms with van der Waals surface area (Å²) in [5, 5.41) is 1.38. The van der Waals surface area contributed by atoms with E-state index in [-0.39, 0.29) is 12.0 Å². The number of nitrogens with zero attached hydrogens (tertiary/aromatic N) is 1. The molecule has 0 amide bonds. The molecule has 0 radical (unpaired) electrons. The summed E-state index contributed by atoms with van der Waals surface area (Å²) in [6.07, 6.45) is 5.87. The predicted molar refractivity (Wildman–Crippen MR) is 88.1 cm³/mol. The average molecular weight is 321 g/mol. The van der Waals surface area contributed by atoms with E-state index in [1.165, 1.54) is 5.56 Å². The SMILES string of the molecule is NC(Cc1c(Cl)cccc1Cl)C1CCCc2cccnc21. The van der Waals surface area contributed by atoms with Gasteiger partial charge < -0.3 is 5.73 Å². The van der Waals surface area contributed by atoms with E-state index in [1.807, 2.05) is 30.5 Å². The molecule has 3 rings (SSSR count). The van der Waals surface area contributed by atoms with Crippen molar-refractivity contribution in [2.75, 3.05) is 0 Å². The van der Waals surface area contributed by atoms with Gasteiger partial charge in [0.05, 0.1) is 0 Å². The zero-order valence-corrected chi connectivity index (χ0v) is 13.2. The Labute approximate surface area is 135 Å². The lowest BCUT2D eigenvalue weighted by Gasteiger charge is -2.29. The summed E-state index contributed by atoms with van der Waals surface area (Å²) in [4.78, 5) is 4.56. The zero-order chi connectivity index (χ0) is 14.8. The molecule has 0 aliphatic heterocycles. The van der Waals surface area contributed by atoms with Crippen molar-refractivity contribution in [3.8, 4) is 0 Å². The largest absolute Gasteiger partial charge is 0.327 e. The molecule has 1 aliphatic rings. The third-order valence-electron chi connectivity index (χ3n) is 4.26. The number of fused-ring (bicyclic) bond motifs is 1. The van der Waals surface area contributed by atoms with Gasteiger partial charge in [0.25, 0.3) is 0 Å². The predicted octanol–water partition coefficient (Wildman–Crippen LogP) is 4.38. The average Bonchev–Trinajstić information content (AvgIpc) is 2.50. The highest BCUT2D eigenvalue weighted by atomic mass is 35.5. The summed E-state index contributed by atoms with van der Waals surface area (Å²) in [6, 6.07) is 9.72. The minimum atomic E-state index is -0.0173. The van der Waals surface area contributed by atoms with Crippen LogP contribution >= 0.6 is 23.2 Å². The van der Waals surface area contributed by atoms with E-state index in [4.69, 9.17) is 28.9 Å². The summed E-state index contributed by atoms with van der Waals surface area (Å²) in [6.45, 7) is 0. The number of halogens is 2. The number of hydrogen-bond acceptors (Lipinski definition) is 2. The molecule has 0 saturated heterocycles. The van der Waals surface area contributed by atoms with Crippen molar-refractivity contribution in [1.29, 1.82) is 0 Å². The fourth-order valence-electron chi connectivity index (χ4n) is 3.17. The van der Waals surface area contributed by atoms with Crippen LogP contribution in [0.3, 0.4) is 0 Å². The maximum absolute atomic E-state index is 6.48. The first kappa shape index (κ1) is 14.8. The molecule has 0 spiro atoms. The van der Waals surface area contributed by atoms with Gasteiger partial charge in [-0.25, -0.2) is 0 Å². The fourth-order valence-corrected chi connectivity index (χ4v) is 3.72. The minimum absolute atomic E-state index is 0.0173. The van der Waals surface area contributed by atoms with Gasteiger partial charge in [-0.15, -0.1) is 0 Å². The Hall–Kier alpha value is -1.09. The van der Waals surface area contributed by atoms with Gasteiger partial charge in [-0.05, 0) is 55.0 Å². The fraction of sp³-hybridized carbons (Fsp3) is 0.353. The van der Waals surface area contributed by atoms with E-state index in [9.17, 15) is 0 Å². The second-order valence-electron chi connectivity index (χ2n) is 5.61. The van der Waals surface area contributed by atoms with E-state index < -0.39 is 0 Å². The first-order valence-electron chi connectivity index (χ1n) is 7.29. The standard InChI is InChI=1S/C17H18Cl2N2/c18-14-7-2-8-15(19)13(14)10-16(20)12-6-1-4-11-5-3-9-21-17(11)12/h2-3,5,7-9,12,16H,1,4,6,10,20H2. The van der Waals surface area contributed by atoms with Crippen LogP contribution in [-0.4, -0.2) is 11.0 Å². The molecule has 2 unspecified atom stereocenters. The molecule has 2 N–H and O–H groups in total. The van der Waals surface area contributed by atoms with Gasteiger partial charge in [0, 0.05) is 33.9 Å². The van der Waals surface area contributed by atoms with Crippen LogP contribution in [-0.2, 0) is 12.8 Å². The number of aromatic nitrogens is 1. The third kappa shape index (κ3) is 3.08. The molecule has 0 bridgehead atoms. The Kier molecular flexibility index (Phi) is 4.48. The van der Waals surface area contributed by atoms with Crippen LogP contribution in [0.15, 0.2) is 36.5 Å². The first-order chi connectivity index (χ1) is 10.2. The maximum atomic E-state index is 6.48. The van der Waals surface area contributed by atoms with Gasteiger partial charge >= 0.3 is 0 Å². The van der Waals surface area contributed by atoms with Gasteiger partial charge in [-0.3, -0.25) is 4.98 Å². The Balaban J connectivity index is 1.85. The number of benzene rings is 1. The van der Waals surface area contributed by atoms with Crippen molar-refractivity contribution in [2.45, 2.75) is 37.6 Å². The van der Waals surface area contributed by atoms with Crippen molar-refractivity contribution in [3.63, 3.8) is 0 Å². The smallest absolute Gasteiger partial charge is 0.0482 e. The van der Waals surface area contributed by atoms with Gasteiger partial charge in [0.1, 0.15) is 0 Å². The molecule has 2 atom stereocenters. The van der Waals surface area contributed by atoms with Gasteiger partial charge in [-0.2, -0.15) is 0 Å². The number of rotatable bonds is 3. The van der Waals surface area contributed by atoms with Crippen LogP contribution in [0.2, 0.25) is 10.0 Å². The zero-order valence-electron chi connectivity index (χ0n) is 11.7. The van der Waals surface area contributed by atoms with Crippen LogP contribution in [0.25, 0.3) is 0 Å². The van der Waals surface area contributed by atoms with Crippen LogP contribution in [0, 0.1) is 0 Å². The van der Waals surface area contributed by atoms with E-state index in [1.54, 1.807) is 0 Å². The molecule has 1 aromatic heterocycles. The second kappa shape index (κ2) is 6.35. The quantitative estimate of drug-likeness (QED) is 0.911. The van der Waals surface area contributed by atoms with Crippen molar-refractivity contribution < 1.29 is 0 Å². The monoisotopic (exact) mass is 320 g/mol. The Morgan fingerprint density at radius 2 is 1.95 bits per heavy atom.